The van der Waals surface area contributed by atoms with Crippen molar-refractivity contribution in [3.63, 3.8) is 0 Å². The zero-order chi connectivity index (χ0) is 41.6. The van der Waals surface area contributed by atoms with Crippen LogP contribution in [0.15, 0.2) is 0 Å². The van der Waals surface area contributed by atoms with Crippen molar-refractivity contribution in [2.75, 3.05) is 6.61 Å². The number of carbonyl (C=O) groups excluding carboxylic acids is 1. The minimum atomic E-state index is -1.47. The molecule has 1 fully saturated rings. The fourth-order valence-corrected chi connectivity index (χ4v) is 8.68. The Bertz CT molecular complexity index is 860. The van der Waals surface area contributed by atoms with Crippen molar-refractivity contribution in [2.24, 2.45) is 0 Å². The minimum absolute atomic E-state index is 0.0893. The maximum atomic E-state index is 13.1. The van der Waals surface area contributed by atoms with Crippen LogP contribution >= 0.6 is 0 Å². The van der Waals surface area contributed by atoms with Gasteiger partial charge in [-0.25, -0.2) is 0 Å². The van der Waals surface area contributed by atoms with Crippen LogP contribution in [0, 0.1) is 0 Å². The summed E-state index contributed by atoms with van der Waals surface area (Å²) in [5.74, 6) is -0.123. The largest absolute Gasteiger partial charge is 0.394 e. The van der Waals surface area contributed by atoms with E-state index in [0.717, 1.165) is 38.5 Å². The van der Waals surface area contributed by atoms with Gasteiger partial charge in [-0.05, 0) is 19.3 Å². The lowest BCUT2D eigenvalue weighted by Crippen LogP contribution is -2.60. The molecule has 8 heteroatoms. The fourth-order valence-electron chi connectivity index (χ4n) is 8.68. The van der Waals surface area contributed by atoms with E-state index in [4.69, 9.17) is 4.74 Å². The molecule has 6 N–H and O–H groups in total. The second-order valence-corrected chi connectivity index (χ2v) is 18.1. The molecular weight excluding hydrogens is 715 g/mol. The number of amides is 1. The predicted molar refractivity (Wildman–Crippen MR) is 238 cm³/mol. The molecule has 1 rings (SSSR count). The second kappa shape index (κ2) is 39.4. The number of ether oxygens (including phenoxy) is 1. The number of aliphatic hydroxyl groups excluding tert-OH is 5. The van der Waals surface area contributed by atoms with Crippen LogP contribution in [-0.4, -0.2) is 80.7 Å². The standard InChI is InChI=1S/C49H97NO7/c1-3-5-7-9-11-13-15-17-18-19-20-21-22-23-24-25-26-27-29-31-33-35-37-39-46(53)50-42(40-44-47(54)49(56)48(55)45(41-51)57-44)43(52)38-36-34-32-30-28-16-14-12-10-8-6-4-2/h42-45,47-49,51-52,54-56H,3-41H2,1-2H3,(H,50,53)/t42-,43-,44?,45-,47+,48+,49-/m1/s1. The van der Waals surface area contributed by atoms with Crippen LogP contribution in [-0.2, 0) is 9.53 Å². The molecule has 0 aliphatic carbocycles. The van der Waals surface area contributed by atoms with Crippen LogP contribution in [0.5, 0.6) is 0 Å². The van der Waals surface area contributed by atoms with Gasteiger partial charge in [0.15, 0.2) is 0 Å². The van der Waals surface area contributed by atoms with Crippen LogP contribution < -0.4 is 5.32 Å². The maximum absolute atomic E-state index is 13.1. The Morgan fingerprint density at radius 1 is 0.474 bits per heavy atom. The lowest BCUT2D eigenvalue weighted by molar-refractivity contribution is -0.232. The van der Waals surface area contributed by atoms with E-state index in [1.165, 1.54) is 186 Å². The van der Waals surface area contributed by atoms with Gasteiger partial charge in [0.2, 0.25) is 5.91 Å². The molecule has 1 amide bonds. The van der Waals surface area contributed by atoms with Crippen molar-refractivity contribution in [1.82, 2.24) is 5.32 Å². The van der Waals surface area contributed by atoms with Crippen molar-refractivity contribution in [2.45, 2.75) is 301 Å². The first-order chi connectivity index (χ1) is 27.8. The summed E-state index contributed by atoms with van der Waals surface area (Å²) in [5.41, 5.74) is 0. The van der Waals surface area contributed by atoms with Crippen LogP contribution in [0.4, 0.5) is 0 Å². The molecule has 0 aromatic heterocycles. The van der Waals surface area contributed by atoms with Gasteiger partial charge in [0.25, 0.3) is 0 Å². The van der Waals surface area contributed by atoms with E-state index in [9.17, 15) is 30.3 Å². The first-order valence-electron chi connectivity index (χ1n) is 25.1. The van der Waals surface area contributed by atoms with Gasteiger partial charge in [-0.3, -0.25) is 4.79 Å². The number of nitrogens with one attached hydrogen (secondary N) is 1. The first kappa shape index (κ1) is 54.2. The van der Waals surface area contributed by atoms with E-state index in [-0.39, 0.29) is 12.3 Å². The summed E-state index contributed by atoms with van der Waals surface area (Å²) < 4.78 is 5.75. The molecule has 0 saturated carbocycles. The molecule has 0 aromatic rings. The van der Waals surface area contributed by atoms with Crippen LogP contribution in [0.3, 0.4) is 0 Å². The Hall–Kier alpha value is -0.770. The van der Waals surface area contributed by atoms with Gasteiger partial charge in [0.05, 0.1) is 24.9 Å². The molecule has 57 heavy (non-hydrogen) atoms. The van der Waals surface area contributed by atoms with E-state index in [2.05, 4.69) is 19.2 Å². The molecular formula is C49H97NO7. The predicted octanol–water partition coefficient (Wildman–Crippen LogP) is 11.5. The number of aliphatic hydroxyl groups is 5. The topological polar surface area (TPSA) is 139 Å². The van der Waals surface area contributed by atoms with E-state index in [0.29, 0.717) is 12.8 Å². The Balaban J connectivity index is 2.20. The van der Waals surface area contributed by atoms with Gasteiger partial charge in [-0.2, -0.15) is 0 Å². The Labute approximate surface area is 352 Å². The summed E-state index contributed by atoms with van der Waals surface area (Å²) in [4.78, 5) is 13.1. The lowest BCUT2D eigenvalue weighted by Gasteiger charge is -2.41. The van der Waals surface area contributed by atoms with Crippen molar-refractivity contribution in [3.8, 4) is 0 Å². The highest BCUT2D eigenvalue weighted by molar-refractivity contribution is 5.76. The first-order valence-corrected chi connectivity index (χ1v) is 25.1. The van der Waals surface area contributed by atoms with E-state index in [1.54, 1.807) is 0 Å². The summed E-state index contributed by atoms with van der Waals surface area (Å²) in [6.45, 7) is 4.04. The minimum Gasteiger partial charge on any atom is -0.394 e. The summed E-state index contributed by atoms with van der Waals surface area (Å²) in [6, 6.07) is -0.656. The molecule has 340 valence electrons. The van der Waals surface area contributed by atoms with Crippen molar-refractivity contribution >= 4 is 5.91 Å². The maximum Gasteiger partial charge on any atom is 0.220 e. The van der Waals surface area contributed by atoms with Crippen LogP contribution in [0.2, 0.25) is 0 Å². The quantitative estimate of drug-likeness (QED) is 0.0337. The third-order valence-corrected chi connectivity index (χ3v) is 12.6. The van der Waals surface area contributed by atoms with Crippen molar-refractivity contribution in [1.29, 1.82) is 0 Å². The van der Waals surface area contributed by atoms with Gasteiger partial charge < -0.3 is 35.6 Å². The summed E-state index contributed by atoms with van der Waals surface area (Å²) in [6.07, 6.45) is 39.3. The molecule has 0 spiro atoms. The number of rotatable bonds is 42. The number of hydrogen-bond donors (Lipinski definition) is 6. The van der Waals surface area contributed by atoms with E-state index >= 15 is 0 Å². The molecule has 0 radical (unpaired) electrons. The average molecular weight is 812 g/mol. The highest BCUT2D eigenvalue weighted by atomic mass is 16.5. The highest BCUT2D eigenvalue weighted by Crippen LogP contribution is 2.26. The fraction of sp³-hybridized carbons (Fsp3) is 0.980. The number of hydrogen-bond acceptors (Lipinski definition) is 7. The normalized spacial score (nSPS) is 20.9. The Morgan fingerprint density at radius 3 is 1.14 bits per heavy atom. The Kier molecular flexibility index (Phi) is 37.5. The molecule has 0 bridgehead atoms. The second-order valence-electron chi connectivity index (χ2n) is 18.1. The molecule has 7 atom stereocenters. The monoisotopic (exact) mass is 812 g/mol. The lowest BCUT2D eigenvalue weighted by atomic mass is 9.89. The molecule has 8 nitrogen and oxygen atoms in total. The van der Waals surface area contributed by atoms with Crippen LogP contribution in [0.1, 0.15) is 258 Å². The molecule has 1 saturated heterocycles. The third kappa shape index (κ3) is 30.0. The summed E-state index contributed by atoms with van der Waals surface area (Å²) >= 11 is 0. The third-order valence-electron chi connectivity index (χ3n) is 12.6. The molecule has 1 heterocycles. The molecule has 1 aliphatic rings. The van der Waals surface area contributed by atoms with Crippen molar-refractivity contribution in [3.05, 3.63) is 0 Å². The molecule has 1 aliphatic heterocycles. The Morgan fingerprint density at radius 2 is 0.789 bits per heavy atom. The molecule has 1 unspecified atom stereocenters. The summed E-state index contributed by atoms with van der Waals surface area (Å²) in [5, 5.41) is 55.1. The number of carbonyl (C=O) groups is 1. The van der Waals surface area contributed by atoms with E-state index in [1.807, 2.05) is 0 Å². The average Bonchev–Trinajstić information content (AvgIpc) is 3.21. The van der Waals surface area contributed by atoms with E-state index < -0.39 is 49.3 Å². The molecule has 0 aromatic carbocycles. The van der Waals surface area contributed by atoms with Gasteiger partial charge >= 0.3 is 0 Å². The highest BCUT2D eigenvalue weighted by Gasteiger charge is 2.44. The smallest absolute Gasteiger partial charge is 0.220 e. The van der Waals surface area contributed by atoms with Crippen LogP contribution in [0.25, 0.3) is 0 Å². The van der Waals surface area contributed by atoms with Crippen molar-refractivity contribution < 1.29 is 35.1 Å². The van der Waals surface area contributed by atoms with Gasteiger partial charge in [0.1, 0.15) is 24.4 Å². The van der Waals surface area contributed by atoms with Gasteiger partial charge in [-0.1, -0.05) is 232 Å². The van der Waals surface area contributed by atoms with Gasteiger partial charge in [-0.15, -0.1) is 0 Å². The zero-order valence-corrected chi connectivity index (χ0v) is 37.7. The zero-order valence-electron chi connectivity index (χ0n) is 37.7. The summed E-state index contributed by atoms with van der Waals surface area (Å²) in [7, 11) is 0. The van der Waals surface area contributed by atoms with Gasteiger partial charge in [0, 0.05) is 6.42 Å². The number of unbranched alkanes of at least 4 members (excludes halogenated alkanes) is 33. The SMILES string of the molecule is CCCCCCCCCCCCCCCCCCCCCCCCCC(=O)N[C@H](CC1O[C@H](CO)[C@H](O)[C@H](O)[C@H]1O)[C@H](O)CCCCCCCCCCCCCC.